The lowest BCUT2D eigenvalue weighted by Crippen LogP contribution is -2.04. The fourth-order valence-electron chi connectivity index (χ4n) is 14.4. The van der Waals surface area contributed by atoms with E-state index in [0.29, 0.717) is 17.5 Å². The molecule has 19 aromatic rings. The van der Waals surface area contributed by atoms with Crippen LogP contribution in [0.2, 0.25) is 0 Å². The van der Waals surface area contributed by atoms with Gasteiger partial charge < -0.3 is 22.8 Å². The van der Waals surface area contributed by atoms with Crippen molar-refractivity contribution >= 4 is 109 Å². The van der Waals surface area contributed by atoms with Crippen LogP contribution >= 0.6 is 0 Å². The van der Waals surface area contributed by atoms with E-state index < -0.39 is 0 Å². The minimum absolute atomic E-state index is 0.562. The second-order valence-electron chi connectivity index (χ2n) is 23.0. The molecule has 0 amide bonds. The molecule has 0 spiro atoms. The lowest BCUT2D eigenvalue weighted by atomic mass is 10.1. The molecule has 19 rings (SSSR count). The Morgan fingerprint density at radius 2 is 0.517 bits per heavy atom. The monoisotopic (exact) mass is 1140 g/mol. The smallest absolute Gasteiger partial charge is 0.166 e. The zero-order valence-corrected chi connectivity index (χ0v) is 47.8. The van der Waals surface area contributed by atoms with Gasteiger partial charge in [0.25, 0.3) is 0 Å². The quantitative estimate of drug-likeness (QED) is 0.152. The molecule has 0 aliphatic heterocycles. The van der Waals surface area contributed by atoms with Crippen LogP contribution < -0.4 is 0 Å². The lowest BCUT2D eigenvalue weighted by Gasteiger charge is -2.15. The first kappa shape index (κ1) is 49.1. The van der Waals surface area contributed by atoms with E-state index in [0.717, 1.165) is 89.0 Å². The van der Waals surface area contributed by atoms with Crippen LogP contribution in [-0.4, -0.2) is 42.8 Å². The second kappa shape index (κ2) is 19.2. The molecule has 0 atom stereocenters. The van der Waals surface area contributed by atoms with Crippen molar-refractivity contribution in [1.29, 1.82) is 0 Å². The van der Waals surface area contributed by atoms with Gasteiger partial charge in [-0.25, -0.2) is 15.0 Å². The summed E-state index contributed by atoms with van der Waals surface area (Å²) in [5.41, 5.74) is 19.2. The standard InChI is InChI=1S/C80H49N9/c1-9-25-67-56(17-1)57-18-2-10-26-68(57)87(67)54-41-43-75-65(47-54)61-22-6-13-29-71(61)85(75)52-37-33-50(34-38-52)78-82-79(84-80(83-78)64-24-8-16-32-74(64)89-73-31-15-5-21-60(73)63-45-46-81-49-77(63)89)51-35-39-53(40-36-51)86-72-30-14-7-23-62(72)66-48-55(42-44-76(66)86)88-69-27-11-3-19-58(69)59-20-4-12-28-70(59)88/h1-49H. The van der Waals surface area contributed by atoms with Gasteiger partial charge in [-0.3, -0.25) is 4.98 Å². The first-order chi connectivity index (χ1) is 44.2. The molecule has 9 nitrogen and oxygen atoms in total. The first-order valence-corrected chi connectivity index (χ1v) is 30.1. The predicted molar refractivity (Wildman–Crippen MR) is 366 cm³/mol. The zero-order chi connectivity index (χ0) is 58.3. The van der Waals surface area contributed by atoms with Crippen LogP contribution in [0, 0.1) is 0 Å². The van der Waals surface area contributed by atoms with Crippen LogP contribution in [0.5, 0.6) is 0 Å². The maximum absolute atomic E-state index is 5.42. The van der Waals surface area contributed by atoms with Gasteiger partial charge in [-0.1, -0.05) is 140 Å². The van der Waals surface area contributed by atoms with Crippen LogP contribution in [-0.2, 0) is 0 Å². The Morgan fingerprint density at radius 3 is 0.933 bits per heavy atom. The van der Waals surface area contributed by atoms with Gasteiger partial charge in [0, 0.05) is 99.5 Å². The first-order valence-electron chi connectivity index (χ1n) is 30.1. The Morgan fingerprint density at radius 1 is 0.213 bits per heavy atom. The summed E-state index contributed by atoms with van der Waals surface area (Å²) < 4.78 is 11.8. The Labute approximate surface area is 509 Å². The van der Waals surface area contributed by atoms with Gasteiger partial charge in [0.1, 0.15) is 0 Å². The van der Waals surface area contributed by atoms with Gasteiger partial charge in [-0.15, -0.1) is 0 Å². The lowest BCUT2D eigenvalue weighted by molar-refractivity contribution is 1.06. The second-order valence-corrected chi connectivity index (χ2v) is 23.0. The van der Waals surface area contributed by atoms with E-state index in [2.05, 4.69) is 313 Å². The van der Waals surface area contributed by atoms with E-state index in [9.17, 15) is 0 Å². The van der Waals surface area contributed by atoms with Crippen molar-refractivity contribution in [1.82, 2.24) is 42.8 Å². The van der Waals surface area contributed by atoms with Gasteiger partial charge in [0.2, 0.25) is 0 Å². The van der Waals surface area contributed by atoms with Crippen molar-refractivity contribution in [2.75, 3.05) is 0 Å². The van der Waals surface area contributed by atoms with Crippen LogP contribution in [0.4, 0.5) is 0 Å². The average molecular weight is 1140 g/mol. The fraction of sp³-hybridized carbons (Fsp3) is 0. The van der Waals surface area contributed by atoms with Crippen LogP contribution in [0.25, 0.3) is 172 Å². The summed E-state index contributed by atoms with van der Waals surface area (Å²) in [6, 6.07) is 102. The molecule has 89 heavy (non-hydrogen) atoms. The summed E-state index contributed by atoms with van der Waals surface area (Å²) in [6.45, 7) is 0. The number of rotatable bonds is 8. The van der Waals surface area contributed by atoms with Crippen LogP contribution in [0.3, 0.4) is 0 Å². The molecular formula is C80H49N9. The van der Waals surface area contributed by atoms with E-state index in [4.69, 9.17) is 15.0 Å². The molecule has 0 fully saturated rings. The normalized spacial score (nSPS) is 12.0. The summed E-state index contributed by atoms with van der Waals surface area (Å²) in [6.07, 6.45) is 3.81. The third kappa shape index (κ3) is 7.36. The summed E-state index contributed by atoms with van der Waals surface area (Å²) in [7, 11) is 0. The molecule has 0 radical (unpaired) electrons. The topological polar surface area (TPSA) is 76.2 Å². The van der Waals surface area contributed by atoms with Crippen molar-refractivity contribution in [2.45, 2.75) is 0 Å². The number of nitrogens with zero attached hydrogens (tertiary/aromatic N) is 9. The Bertz CT molecular complexity index is 5660. The van der Waals surface area contributed by atoms with Gasteiger partial charge in [0.15, 0.2) is 17.5 Å². The largest absolute Gasteiger partial charge is 0.309 e. The molecule has 0 saturated heterocycles. The molecule has 7 heterocycles. The Balaban J connectivity index is 0.748. The van der Waals surface area contributed by atoms with E-state index in [1.807, 2.05) is 12.4 Å². The number of hydrogen-bond donors (Lipinski definition) is 0. The molecule has 0 unspecified atom stereocenters. The third-order valence-electron chi connectivity index (χ3n) is 18.3. The fourth-order valence-corrected chi connectivity index (χ4v) is 14.4. The summed E-state index contributed by atoms with van der Waals surface area (Å²) in [5.74, 6) is 1.70. The zero-order valence-electron chi connectivity index (χ0n) is 47.8. The minimum atomic E-state index is 0.562. The third-order valence-corrected chi connectivity index (χ3v) is 18.3. The average Bonchev–Trinajstić information content (AvgIpc) is 1.74. The van der Waals surface area contributed by atoms with E-state index in [1.54, 1.807) is 0 Å². The number of aromatic nitrogens is 9. The maximum atomic E-state index is 5.42. The summed E-state index contributed by atoms with van der Waals surface area (Å²) >= 11 is 0. The molecule has 12 aromatic carbocycles. The summed E-state index contributed by atoms with van der Waals surface area (Å²) in [4.78, 5) is 20.8. The Hall–Kier alpha value is -12.2. The van der Waals surface area contributed by atoms with Crippen molar-refractivity contribution in [3.63, 3.8) is 0 Å². The van der Waals surface area contributed by atoms with Crippen molar-refractivity contribution < 1.29 is 0 Å². The number of hydrogen-bond acceptors (Lipinski definition) is 4. The number of pyridine rings is 1. The highest BCUT2D eigenvalue weighted by Gasteiger charge is 2.23. The van der Waals surface area contributed by atoms with Crippen LogP contribution in [0.1, 0.15) is 0 Å². The van der Waals surface area contributed by atoms with E-state index in [-0.39, 0.29) is 0 Å². The molecule has 0 aliphatic rings. The molecule has 414 valence electrons. The van der Waals surface area contributed by atoms with E-state index >= 15 is 0 Å². The molecule has 0 bridgehead atoms. The minimum Gasteiger partial charge on any atom is -0.309 e. The van der Waals surface area contributed by atoms with Gasteiger partial charge in [-0.05, 0) is 146 Å². The molecule has 0 N–H and O–H groups in total. The van der Waals surface area contributed by atoms with Gasteiger partial charge in [0.05, 0.1) is 67.1 Å². The van der Waals surface area contributed by atoms with Crippen molar-refractivity contribution in [2.24, 2.45) is 0 Å². The Kier molecular flexibility index (Phi) is 10.6. The van der Waals surface area contributed by atoms with Crippen molar-refractivity contribution in [3.05, 3.63) is 298 Å². The molecular weight excluding hydrogens is 1090 g/mol. The SMILES string of the molecule is c1ccc(-n2c3ccccc3c3ccncc32)c(-c2nc(-c3ccc(-n4c5ccccc5c5cc(-n6c7ccccc7c7ccccc76)ccc54)cc3)nc(-c3ccc(-n4c5ccccc5c5cc(-n6c7ccccc7c7ccccc76)ccc54)cc3)n2)c1. The summed E-state index contributed by atoms with van der Waals surface area (Å²) in [5, 5.41) is 12.0. The number of fused-ring (bicyclic) bond motifs is 15. The predicted octanol–water partition coefficient (Wildman–Crippen LogP) is 19.8. The highest BCUT2D eigenvalue weighted by Crippen LogP contribution is 2.41. The molecule has 7 aromatic heterocycles. The van der Waals surface area contributed by atoms with Crippen molar-refractivity contribution in [3.8, 4) is 62.6 Å². The molecule has 9 heteroatoms. The van der Waals surface area contributed by atoms with Crippen LogP contribution in [0.15, 0.2) is 298 Å². The highest BCUT2D eigenvalue weighted by atomic mass is 15.1. The van der Waals surface area contributed by atoms with Gasteiger partial charge >= 0.3 is 0 Å². The highest BCUT2D eigenvalue weighted by molar-refractivity contribution is 6.15. The van der Waals surface area contributed by atoms with Gasteiger partial charge in [-0.2, -0.15) is 0 Å². The molecule has 0 saturated carbocycles. The number of para-hydroxylation sites is 8. The van der Waals surface area contributed by atoms with E-state index in [1.165, 1.54) is 65.2 Å². The molecule has 0 aliphatic carbocycles. The number of benzene rings is 12. The maximum Gasteiger partial charge on any atom is 0.166 e.